The maximum Gasteiger partial charge on any atom is 0.295 e. The van der Waals surface area contributed by atoms with Gasteiger partial charge in [0.2, 0.25) is 0 Å². The van der Waals surface area contributed by atoms with Crippen LogP contribution in [-0.2, 0) is 4.79 Å². The summed E-state index contributed by atoms with van der Waals surface area (Å²) < 4.78 is 10.5. The van der Waals surface area contributed by atoms with Gasteiger partial charge in [-0.3, -0.25) is 14.5 Å². The number of nitrogens with zero attached hydrogens (tertiary/aromatic N) is 1. The van der Waals surface area contributed by atoms with Crippen LogP contribution in [-0.4, -0.2) is 36.9 Å². The minimum Gasteiger partial charge on any atom is -0.497 e. The molecule has 1 N–H and O–H groups in total. The van der Waals surface area contributed by atoms with Crippen LogP contribution in [0, 0.1) is 6.92 Å². The quantitative estimate of drug-likeness (QED) is 0.756. The first-order chi connectivity index (χ1) is 13.0. The number of hydrogen-bond donors (Lipinski definition) is 1. The molecule has 27 heavy (non-hydrogen) atoms. The van der Waals surface area contributed by atoms with Gasteiger partial charge in [0.15, 0.2) is 0 Å². The number of anilines is 1. The highest BCUT2D eigenvalue weighted by Crippen LogP contribution is 2.34. The number of methoxy groups -OCH3 is 2. The van der Waals surface area contributed by atoms with Gasteiger partial charge in [0.25, 0.3) is 11.1 Å². The van der Waals surface area contributed by atoms with E-state index in [2.05, 4.69) is 5.32 Å². The Morgan fingerprint density at radius 1 is 1.07 bits per heavy atom. The number of hydrogen-bond acceptors (Lipinski definition) is 6. The van der Waals surface area contributed by atoms with E-state index >= 15 is 0 Å². The highest BCUT2D eigenvalue weighted by atomic mass is 32.2. The molecule has 0 radical (unpaired) electrons. The van der Waals surface area contributed by atoms with Gasteiger partial charge in [-0.25, -0.2) is 0 Å². The number of carbonyl (C=O) groups is 2. The molecular formula is C20H20N2O4S. The van der Waals surface area contributed by atoms with E-state index in [4.69, 9.17) is 9.47 Å². The minimum atomic E-state index is -0.331. The third-order valence-corrected chi connectivity index (χ3v) is 5.00. The summed E-state index contributed by atoms with van der Waals surface area (Å²) in [5, 5.41) is 2.79. The molecule has 0 spiro atoms. The summed E-state index contributed by atoms with van der Waals surface area (Å²) in [5.41, 5.74) is 2.69. The second-order valence-corrected chi connectivity index (χ2v) is 6.91. The summed E-state index contributed by atoms with van der Waals surface area (Å²) in [5.74, 6) is 0.890. The highest BCUT2D eigenvalue weighted by Gasteiger charge is 2.35. The number of ether oxygens (including phenoxy) is 2. The Morgan fingerprint density at radius 3 is 2.48 bits per heavy atom. The Balaban J connectivity index is 1.75. The molecule has 0 aromatic heterocycles. The Hall–Kier alpha value is -2.93. The number of benzene rings is 2. The molecule has 2 amide bonds. The van der Waals surface area contributed by atoms with E-state index < -0.39 is 0 Å². The number of carbonyl (C=O) groups excluding carboxylic acids is 2. The lowest BCUT2D eigenvalue weighted by molar-refractivity contribution is -0.122. The number of amides is 2. The maximum absolute atomic E-state index is 12.6. The first-order valence-corrected chi connectivity index (χ1v) is 9.11. The molecule has 1 aliphatic heterocycles. The maximum atomic E-state index is 12.6. The van der Waals surface area contributed by atoms with Gasteiger partial charge in [0, 0.05) is 17.3 Å². The summed E-state index contributed by atoms with van der Waals surface area (Å²) >= 11 is 0.915. The van der Waals surface area contributed by atoms with Crippen molar-refractivity contribution in [3.05, 3.63) is 58.5 Å². The molecule has 0 aliphatic carbocycles. The standard InChI is InChI=1S/C20H20N2O4S/c1-13-4-7-15(8-5-13)21-12-22-19(23)18(27-20(22)24)10-14-6-9-16(25-2)11-17(14)26-3/h4-11,21H,12H2,1-3H3/b18-10-. The molecule has 1 saturated heterocycles. The molecule has 1 aliphatic rings. The molecule has 2 aromatic rings. The van der Waals surface area contributed by atoms with E-state index in [1.807, 2.05) is 31.2 Å². The Labute approximate surface area is 162 Å². The molecule has 1 heterocycles. The van der Waals surface area contributed by atoms with Crippen LogP contribution < -0.4 is 14.8 Å². The monoisotopic (exact) mass is 384 g/mol. The van der Waals surface area contributed by atoms with Crippen LogP contribution in [0.2, 0.25) is 0 Å². The molecule has 1 fully saturated rings. The second kappa shape index (κ2) is 8.18. The highest BCUT2D eigenvalue weighted by molar-refractivity contribution is 8.18. The van der Waals surface area contributed by atoms with Crippen LogP contribution >= 0.6 is 11.8 Å². The van der Waals surface area contributed by atoms with Gasteiger partial charge >= 0.3 is 0 Å². The van der Waals surface area contributed by atoms with E-state index in [1.165, 1.54) is 4.90 Å². The molecule has 0 atom stereocenters. The van der Waals surface area contributed by atoms with E-state index in [0.717, 1.165) is 23.0 Å². The number of imide groups is 1. The molecule has 0 bridgehead atoms. The van der Waals surface area contributed by atoms with Crippen LogP contribution in [0.5, 0.6) is 11.5 Å². The first kappa shape index (κ1) is 18.8. The van der Waals surface area contributed by atoms with Crippen molar-refractivity contribution in [2.45, 2.75) is 6.92 Å². The number of nitrogens with one attached hydrogen (secondary N) is 1. The van der Waals surface area contributed by atoms with Crippen LogP contribution in [0.1, 0.15) is 11.1 Å². The van der Waals surface area contributed by atoms with Crippen molar-refractivity contribution < 1.29 is 19.1 Å². The van der Waals surface area contributed by atoms with Crippen LogP contribution in [0.3, 0.4) is 0 Å². The largest absolute Gasteiger partial charge is 0.497 e. The third-order valence-electron chi connectivity index (χ3n) is 4.09. The average Bonchev–Trinajstić information content (AvgIpc) is 2.94. The molecule has 7 heteroatoms. The van der Waals surface area contributed by atoms with Crippen molar-refractivity contribution in [1.29, 1.82) is 0 Å². The van der Waals surface area contributed by atoms with Gasteiger partial charge in [-0.1, -0.05) is 17.7 Å². The van der Waals surface area contributed by atoms with Crippen molar-refractivity contribution in [2.24, 2.45) is 0 Å². The van der Waals surface area contributed by atoms with Crippen molar-refractivity contribution >= 4 is 34.7 Å². The Morgan fingerprint density at radius 2 is 1.81 bits per heavy atom. The zero-order valence-electron chi connectivity index (χ0n) is 15.3. The fraction of sp³-hybridized carbons (Fsp3) is 0.200. The molecule has 2 aromatic carbocycles. The predicted octanol–water partition coefficient (Wildman–Crippen LogP) is 4.12. The normalized spacial score (nSPS) is 15.4. The number of rotatable bonds is 6. The van der Waals surface area contributed by atoms with Crippen molar-refractivity contribution in [3.63, 3.8) is 0 Å². The summed E-state index contributed by atoms with van der Waals surface area (Å²) in [7, 11) is 3.12. The molecule has 6 nitrogen and oxygen atoms in total. The predicted molar refractivity (Wildman–Crippen MR) is 107 cm³/mol. The number of aryl methyl sites for hydroxylation is 1. The lowest BCUT2D eigenvalue weighted by Crippen LogP contribution is -2.33. The SMILES string of the molecule is COc1ccc(/C=C2\SC(=O)N(CNc3ccc(C)cc3)C2=O)c(OC)c1. The summed E-state index contributed by atoms with van der Waals surface area (Å²) in [4.78, 5) is 26.4. The fourth-order valence-corrected chi connectivity index (χ4v) is 3.39. The van der Waals surface area contributed by atoms with Gasteiger partial charge in [0.1, 0.15) is 11.5 Å². The lowest BCUT2D eigenvalue weighted by atomic mass is 10.1. The molecule has 0 saturated carbocycles. The Bertz CT molecular complexity index is 893. The van der Waals surface area contributed by atoms with E-state index in [9.17, 15) is 9.59 Å². The van der Waals surface area contributed by atoms with E-state index in [1.54, 1.807) is 38.5 Å². The smallest absolute Gasteiger partial charge is 0.295 e. The van der Waals surface area contributed by atoms with E-state index in [-0.39, 0.29) is 17.8 Å². The fourth-order valence-electron chi connectivity index (χ4n) is 2.56. The van der Waals surface area contributed by atoms with Gasteiger partial charge < -0.3 is 14.8 Å². The van der Waals surface area contributed by atoms with Crippen molar-refractivity contribution in [3.8, 4) is 11.5 Å². The summed E-state index contributed by atoms with van der Waals surface area (Å²) in [6, 6.07) is 13.0. The van der Waals surface area contributed by atoms with Crippen LogP contribution in [0.4, 0.5) is 10.5 Å². The third kappa shape index (κ3) is 4.25. The van der Waals surface area contributed by atoms with Crippen molar-refractivity contribution in [1.82, 2.24) is 4.90 Å². The number of thioether (sulfide) groups is 1. The van der Waals surface area contributed by atoms with Crippen LogP contribution in [0.25, 0.3) is 6.08 Å². The molecule has 140 valence electrons. The van der Waals surface area contributed by atoms with Gasteiger partial charge in [0.05, 0.1) is 25.8 Å². The van der Waals surface area contributed by atoms with Gasteiger partial charge in [-0.15, -0.1) is 0 Å². The molecular weight excluding hydrogens is 364 g/mol. The Kier molecular flexibility index (Phi) is 5.71. The van der Waals surface area contributed by atoms with Crippen LogP contribution in [0.15, 0.2) is 47.4 Å². The first-order valence-electron chi connectivity index (χ1n) is 8.29. The van der Waals surface area contributed by atoms with Crippen molar-refractivity contribution in [2.75, 3.05) is 26.2 Å². The topological polar surface area (TPSA) is 67.9 Å². The van der Waals surface area contributed by atoms with Gasteiger partial charge in [-0.2, -0.15) is 0 Å². The second-order valence-electron chi connectivity index (χ2n) is 5.92. The minimum absolute atomic E-state index is 0.116. The lowest BCUT2D eigenvalue weighted by Gasteiger charge is -2.14. The molecule has 3 rings (SSSR count). The zero-order valence-corrected chi connectivity index (χ0v) is 16.1. The molecule has 0 unspecified atom stereocenters. The average molecular weight is 384 g/mol. The summed E-state index contributed by atoms with van der Waals surface area (Å²) in [6.45, 7) is 2.11. The van der Waals surface area contributed by atoms with E-state index in [0.29, 0.717) is 22.0 Å². The van der Waals surface area contributed by atoms with Gasteiger partial charge in [-0.05, 0) is 49.0 Å². The summed E-state index contributed by atoms with van der Waals surface area (Å²) in [6.07, 6.45) is 1.66. The zero-order chi connectivity index (χ0) is 19.4.